The van der Waals surface area contributed by atoms with Crippen molar-refractivity contribution >= 4 is 16.9 Å². The molecule has 0 aliphatic carbocycles. The number of ether oxygens (including phenoxy) is 1. The minimum atomic E-state index is -0.0935. The second-order valence-corrected chi connectivity index (χ2v) is 7.10. The Bertz CT molecular complexity index is 1180. The third-order valence-corrected chi connectivity index (χ3v) is 4.82. The number of fused-ring (bicyclic) bond motifs is 1. The van der Waals surface area contributed by atoms with Crippen LogP contribution >= 0.6 is 0 Å². The van der Waals surface area contributed by atoms with Crippen LogP contribution in [0.25, 0.3) is 22.6 Å². The fourth-order valence-electron chi connectivity index (χ4n) is 3.25. The number of hydrogen-bond acceptors (Lipinski definition) is 7. The summed E-state index contributed by atoms with van der Waals surface area (Å²) in [6.45, 7) is 5.14. The van der Waals surface area contributed by atoms with E-state index in [2.05, 4.69) is 30.8 Å². The molecule has 0 aliphatic heterocycles. The molecule has 32 heavy (non-hydrogen) atoms. The van der Waals surface area contributed by atoms with E-state index < -0.39 is 0 Å². The second kappa shape index (κ2) is 9.95. The molecule has 9 nitrogen and oxygen atoms in total. The van der Waals surface area contributed by atoms with Crippen molar-refractivity contribution in [2.45, 2.75) is 26.3 Å². The molecule has 0 aliphatic rings. The molecule has 0 radical (unpaired) electrons. The van der Waals surface area contributed by atoms with Crippen molar-refractivity contribution in [1.29, 1.82) is 0 Å². The molecule has 1 aromatic carbocycles. The van der Waals surface area contributed by atoms with Gasteiger partial charge in [0.2, 0.25) is 0 Å². The normalized spacial score (nSPS) is 12.7. The van der Waals surface area contributed by atoms with Crippen molar-refractivity contribution in [3.05, 3.63) is 60.2 Å². The highest BCUT2D eigenvalue weighted by molar-refractivity contribution is 5.84. The van der Waals surface area contributed by atoms with Crippen LogP contribution in [0.4, 0.5) is 0 Å². The van der Waals surface area contributed by atoms with Crippen LogP contribution in [0.15, 0.2) is 62.6 Å². The summed E-state index contributed by atoms with van der Waals surface area (Å²) in [4.78, 5) is 12.9. The average molecular weight is 435 g/mol. The number of nitrogens with one attached hydrogen (secondary N) is 2. The Hall–Kier alpha value is -3.88. The summed E-state index contributed by atoms with van der Waals surface area (Å²) in [6.07, 6.45) is 2.27. The lowest BCUT2D eigenvalue weighted by molar-refractivity contribution is 0.336. The molecular weight excluding hydrogens is 408 g/mol. The first kappa shape index (κ1) is 21.4. The highest BCUT2D eigenvalue weighted by Crippen LogP contribution is 2.31. The number of benzene rings is 1. The Kier molecular flexibility index (Phi) is 6.64. The van der Waals surface area contributed by atoms with E-state index in [9.17, 15) is 0 Å². The first-order valence-corrected chi connectivity index (χ1v) is 10.5. The third-order valence-electron chi connectivity index (χ3n) is 4.82. The lowest BCUT2D eigenvalue weighted by Gasteiger charge is -2.15. The first-order chi connectivity index (χ1) is 15.7. The van der Waals surface area contributed by atoms with Crippen LogP contribution in [0.1, 0.15) is 31.5 Å². The monoisotopic (exact) mass is 434 g/mol. The smallest absolute Gasteiger partial charge is 0.276 e. The molecule has 0 saturated heterocycles. The maximum absolute atomic E-state index is 6.07. The minimum Gasteiger partial charge on any atom is -0.490 e. The van der Waals surface area contributed by atoms with Gasteiger partial charge in [-0.15, -0.1) is 0 Å². The van der Waals surface area contributed by atoms with Gasteiger partial charge in [-0.25, -0.2) is 0 Å². The van der Waals surface area contributed by atoms with E-state index in [-0.39, 0.29) is 6.04 Å². The van der Waals surface area contributed by atoms with Crippen molar-refractivity contribution < 1.29 is 13.7 Å². The molecule has 0 bridgehead atoms. The molecule has 3 aromatic heterocycles. The SMILES string of the molecule is CCOc1cccc2cc(C(C)NC(=NC)NCCc3noc(-c4ccccn4)n3)oc12. The molecule has 4 aromatic rings. The van der Waals surface area contributed by atoms with Crippen LogP contribution in [-0.4, -0.2) is 41.3 Å². The average Bonchev–Trinajstić information content (AvgIpc) is 3.47. The van der Waals surface area contributed by atoms with Crippen LogP contribution in [0.5, 0.6) is 5.75 Å². The van der Waals surface area contributed by atoms with Gasteiger partial charge in [-0.2, -0.15) is 4.98 Å². The zero-order chi connectivity index (χ0) is 22.3. The topological polar surface area (TPSA) is 111 Å². The summed E-state index contributed by atoms with van der Waals surface area (Å²) < 4.78 is 17.0. The van der Waals surface area contributed by atoms with Crippen molar-refractivity contribution in [1.82, 2.24) is 25.8 Å². The van der Waals surface area contributed by atoms with Crippen LogP contribution in [-0.2, 0) is 6.42 Å². The predicted octanol–water partition coefficient (Wildman–Crippen LogP) is 3.75. The van der Waals surface area contributed by atoms with Gasteiger partial charge in [0.25, 0.3) is 5.89 Å². The molecule has 2 N–H and O–H groups in total. The van der Waals surface area contributed by atoms with E-state index in [1.807, 2.05) is 56.3 Å². The second-order valence-electron chi connectivity index (χ2n) is 7.10. The quantitative estimate of drug-likeness (QED) is 0.319. The Morgan fingerprint density at radius 2 is 2.12 bits per heavy atom. The fraction of sp³-hybridized carbons (Fsp3) is 0.304. The molecule has 0 fully saturated rings. The highest BCUT2D eigenvalue weighted by atomic mass is 16.5. The van der Waals surface area contributed by atoms with Gasteiger partial charge < -0.3 is 24.3 Å². The van der Waals surface area contributed by atoms with Gasteiger partial charge in [0.05, 0.1) is 12.6 Å². The Morgan fingerprint density at radius 3 is 2.91 bits per heavy atom. The first-order valence-electron chi connectivity index (χ1n) is 10.5. The van der Waals surface area contributed by atoms with Crippen molar-refractivity contribution in [2.75, 3.05) is 20.2 Å². The largest absolute Gasteiger partial charge is 0.490 e. The fourth-order valence-corrected chi connectivity index (χ4v) is 3.25. The number of aromatic nitrogens is 3. The Morgan fingerprint density at radius 1 is 1.22 bits per heavy atom. The summed E-state index contributed by atoms with van der Waals surface area (Å²) in [5.41, 5.74) is 1.41. The van der Waals surface area contributed by atoms with Crippen LogP contribution in [0.2, 0.25) is 0 Å². The van der Waals surface area contributed by atoms with E-state index in [0.717, 1.165) is 22.5 Å². The number of furan rings is 1. The van der Waals surface area contributed by atoms with Gasteiger partial charge in [0, 0.05) is 31.6 Å². The summed E-state index contributed by atoms with van der Waals surface area (Å²) >= 11 is 0. The van der Waals surface area contributed by atoms with Crippen LogP contribution in [0.3, 0.4) is 0 Å². The lowest BCUT2D eigenvalue weighted by atomic mass is 10.2. The lowest BCUT2D eigenvalue weighted by Crippen LogP contribution is -2.39. The molecule has 3 heterocycles. The van der Waals surface area contributed by atoms with E-state index in [1.54, 1.807) is 13.2 Å². The van der Waals surface area contributed by atoms with Crippen molar-refractivity contribution in [2.24, 2.45) is 4.99 Å². The Balaban J connectivity index is 1.33. The molecule has 4 rings (SSSR count). The van der Waals surface area contributed by atoms with E-state index in [1.165, 1.54) is 0 Å². The van der Waals surface area contributed by atoms with E-state index >= 15 is 0 Å². The number of aliphatic imine (C=N–C) groups is 1. The summed E-state index contributed by atoms with van der Waals surface area (Å²) in [5, 5.41) is 11.6. The standard InChI is InChI=1S/C23H26N6O3/c1-4-30-18-10-7-8-16-14-19(31-21(16)18)15(2)27-23(24-3)26-13-11-20-28-22(32-29-20)17-9-5-6-12-25-17/h5-10,12,14-15H,4,11,13H2,1-3H3,(H2,24,26,27). The molecule has 0 saturated carbocycles. The molecule has 166 valence electrons. The molecule has 9 heteroatoms. The predicted molar refractivity (Wildman–Crippen MR) is 122 cm³/mol. The maximum Gasteiger partial charge on any atom is 0.276 e. The minimum absolute atomic E-state index is 0.0935. The third kappa shape index (κ3) is 4.88. The summed E-state index contributed by atoms with van der Waals surface area (Å²) in [7, 11) is 1.72. The van der Waals surface area contributed by atoms with Gasteiger partial charge in [-0.3, -0.25) is 9.98 Å². The van der Waals surface area contributed by atoms with Crippen molar-refractivity contribution in [3.8, 4) is 17.3 Å². The van der Waals surface area contributed by atoms with E-state index in [4.69, 9.17) is 13.7 Å². The van der Waals surface area contributed by atoms with Crippen LogP contribution in [0, 0.1) is 0 Å². The van der Waals surface area contributed by atoms with E-state index in [0.29, 0.717) is 42.9 Å². The number of nitrogens with zero attached hydrogens (tertiary/aromatic N) is 4. The van der Waals surface area contributed by atoms with Crippen LogP contribution < -0.4 is 15.4 Å². The Labute approximate surface area is 185 Å². The van der Waals surface area contributed by atoms with Gasteiger partial charge in [-0.05, 0) is 38.1 Å². The molecule has 0 amide bonds. The zero-order valence-corrected chi connectivity index (χ0v) is 18.3. The number of pyridine rings is 1. The van der Waals surface area contributed by atoms with Gasteiger partial charge in [-0.1, -0.05) is 23.4 Å². The van der Waals surface area contributed by atoms with Gasteiger partial charge in [0.1, 0.15) is 11.5 Å². The molecule has 1 unspecified atom stereocenters. The maximum atomic E-state index is 6.07. The van der Waals surface area contributed by atoms with Gasteiger partial charge >= 0.3 is 0 Å². The van der Waals surface area contributed by atoms with Crippen molar-refractivity contribution in [3.63, 3.8) is 0 Å². The zero-order valence-electron chi connectivity index (χ0n) is 18.3. The molecule has 0 spiro atoms. The number of guanidine groups is 1. The molecule has 1 atom stereocenters. The highest BCUT2D eigenvalue weighted by Gasteiger charge is 2.16. The number of para-hydroxylation sites is 1. The number of rotatable bonds is 8. The molecular formula is C23H26N6O3. The number of hydrogen-bond donors (Lipinski definition) is 2. The summed E-state index contributed by atoms with van der Waals surface area (Å²) in [6, 6.07) is 13.4. The summed E-state index contributed by atoms with van der Waals surface area (Å²) in [5.74, 6) is 3.20. The van der Waals surface area contributed by atoms with Gasteiger partial charge in [0.15, 0.2) is 23.1 Å².